The molecule has 4 nitrogen and oxygen atoms in total. The first-order valence-electron chi connectivity index (χ1n) is 8.17. The maximum Gasteiger partial charge on any atom is 0.262 e. The van der Waals surface area contributed by atoms with E-state index in [9.17, 15) is 9.18 Å². The number of carbonyl (C=O) groups excluding carboxylic acids is 1. The van der Waals surface area contributed by atoms with E-state index in [4.69, 9.17) is 16.3 Å². The summed E-state index contributed by atoms with van der Waals surface area (Å²) >= 11 is 6.20. The molecule has 0 saturated carbocycles. The summed E-state index contributed by atoms with van der Waals surface area (Å²) < 4.78 is 18.9. The Hall–Kier alpha value is -3.18. The summed E-state index contributed by atoms with van der Waals surface area (Å²) in [6.45, 7) is -0.286. The Morgan fingerprint density at radius 3 is 2.56 bits per heavy atom. The van der Waals surface area contributed by atoms with E-state index in [2.05, 4.69) is 10.3 Å². The Kier molecular flexibility index (Phi) is 6.18. The second-order valence-corrected chi connectivity index (χ2v) is 6.01. The van der Waals surface area contributed by atoms with Gasteiger partial charge in [0, 0.05) is 6.21 Å². The zero-order valence-corrected chi connectivity index (χ0v) is 15.0. The van der Waals surface area contributed by atoms with Crippen molar-refractivity contribution in [2.75, 3.05) is 11.9 Å². The average Bonchev–Trinajstić information content (AvgIpc) is 2.68. The highest BCUT2D eigenvalue weighted by Crippen LogP contribution is 2.25. The van der Waals surface area contributed by atoms with Crippen LogP contribution in [0.1, 0.15) is 5.56 Å². The van der Waals surface area contributed by atoms with Crippen LogP contribution in [-0.2, 0) is 4.79 Å². The van der Waals surface area contributed by atoms with Crippen molar-refractivity contribution in [1.82, 2.24) is 0 Å². The summed E-state index contributed by atoms with van der Waals surface area (Å²) in [5, 5.41) is 2.80. The predicted octanol–water partition coefficient (Wildman–Crippen LogP) is 5.25. The molecule has 0 aromatic heterocycles. The number of hydrogen-bond donors (Lipinski definition) is 1. The molecule has 0 radical (unpaired) electrons. The Labute approximate surface area is 161 Å². The second kappa shape index (κ2) is 8.96. The lowest BCUT2D eigenvalue weighted by atomic mass is 10.2. The fourth-order valence-corrected chi connectivity index (χ4v) is 2.51. The Balaban J connectivity index is 1.58. The lowest BCUT2D eigenvalue weighted by Crippen LogP contribution is -2.20. The minimum atomic E-state index is -0.508. The second-order valence-electron chi connectivity index (χ2n) is 5.60. The van der Waals surface area contributed by atoms with E-state index in [1.807, 2.05) is 30.3 Å². The number of anilines is 1. The summed E-state index contributed by atoms with van der Waals surface area (Å²) in [5.41, 5.74) is 1.73. The van der Waals surface area contributed by atoms with Crippen molar-refractivity contribution in [3.8, 4) is 5.75 Å². The molecule has 3 aromatic rings. The number of para-hydroxylation sites is 2. The van der Waals surface area contributed by atoms with Crippen LogP contribution in [0, 0.1) is 5.82 Å². The van der Waals surface area contributed by atoms with Crippen molar-refractivity contribution in [2.45, 2.75) is 0 Å². The van der Waals surface area contributed by atoms with Crippen molar-refractivity contribution < 1.29 is 13.9 Å². The van der Waals surface area contributed by atoms with Crippen LogP contribution in [0.25, 0.3) is 0 Å². The smallest absolute Gasteiger partial charge is 0.262 e. The molecule has 0 heterocycles. The molecule has 3 aromatic carbocycles. The highest BCUT2D eigenvalue weighted by atomic mass is 35.5. The first-order chi connectivity index (χ1) is 13.1. The van der Waals surface area contributed by atoms with E-state index in [0.29, 0.717) is 10.8 Å². The van der Waals surface area contributed by atoms with Gasteiger partial charge in [-0.1, -0.05) is 41.9 Å². The first kappa shape index (κ1) is 18.6. The molecule has 0 fully saturated rings. The van der Waals surface area contributed by atoms with Crippen LogP contribution in [0.2, 0.25) is 5.02 Å². The van der Waals surface area contributed by atoms with Gasteiger partial charge < -0.3 is 10.1 Å². The van der Waals surface area contributed by atoms with E-state index in [1.165, 1.54) is 12.1 Å². The van der Waals surface area contributed by atoms with Crippen molar-refractivity contribution in [3.05, 3.63) is 89.2 Å². The maximum atomic E-state index is 13.5. The normalized spacial score (nSPS) is 10.7. The number of ether oxygens (including phenoxy) is 1. The molecule has 3 rings (SSSR count). The van der Waals surface area contributed by atoms with Crippen LogP contribution >= 0.6 is 11.6 Å². The predicted molar refractivity (Wildman–Crippen MR) is 106 cm³/mol. The fourth-order valence-electron chi connectivity index (χ4n) is 2.27. The molecule has 136 valence electrons. The molecule has 0 saturated heterocycles. The molecule has 0 aliphatic carbocycles. The third kappa shape index (κ3) is 5.39. The van der Waals surface area contributed by atoms with Gasteiger partial charge in [-0.15, -0.1) is 0 Å². The third-order valence-electron chi connectivity index (χ3n) is 3.58. The van der Waals surface area contributed by atoms with Gasteiger partial charge in [0.15, 0.2) is 6.61 Å². The van der Waals surface area contributed by atoms with Gasteiger partial charge in [0.05, 0.1) is 16.4 Å². The summed E-state index contributed by atoms with van der Waals surface area (Å²) in [6, 6.07) is 20.6. The number of rotatable bonds is 6. The number of aliphatic imine (C=N–C) groups is 1. The van der Waals surface area contributed by atoms with Crippen LogP contribution in [0.15, 0.2) is 77.8 Å². The maximum absolute atomic E-state index is 13.5. The molecule has 1 amide bonds. The minimum absolute atomic E-state index is 0.102. The van der Waals surface area contributed by atoms with E-state index in [0.717, 1.165) is 11.3 Å². The van der Waals surface area contributed by atoms with Gasteiger partial charge in [0.1, 0.15) is 11.6 Å². The lowest BCUT2D eigenvalue weighted by molar-refractivity contribution is -0.118. The molecule has 0 unspecified atom stereocenters. The van der Waals surface area contributed by atoms with Crippen LogP contribution < -0.4 is 10.1 Å². The topological polar surface area (TPSA) is 50.7 Å². The molecule has 0 bridgehead atoms. The number of nitrogens with zero attached hydrogens (tertiary/aromatic N) is 1. The van der Waals surface area contributed by atoms with Crippen molar-refractivity contribution in [2.24, 2.45) is 4.99 Å². The van der Waals surface area contributed by atoms with Crippen molar-refractivity contribution in [3.63, 3.8) is 0 Å². The van der Waals surface area contributed by atoms with Crippen LogP contribution in [0.3, 0.4) is 0 Å². The monoisotopic (exact) mass is 382 g/mol. The number of hydrogen-bond acceptors (Lipinski definition) is 3. The van der Waals surface area contributed by atoms with E-state index in [-0.39, 0.29) is 12.3 Å². The highest BCUT2D eigenvalue weighted by Gasteiger charge is 2.09. The van der Waals surface area contributed by atoms with Crippen LogP contribution in [0.5, 0.6) is 5.75 Å². The van der Waals surface area contributed by atoms with Crippen molar-refractivity contribution >= 4 is 35.1 Å². The fraction of sp³-hybridized carbons (Fsp3) is 0.0476. The SMILES string of the molecule is O=C(COc1ccc(C=Nc2ccccc2)cc1Cl)Nc1ccccc1F. The summed E-state index contributed by atoms with van der Waals surface area (Å²) in [7, 11) is 0. The number of halogens is 2. The molecule has 0 spiro atoms. The number of carbonyl (C=O) groups is 1. The van der Waals surface area contributed by atoms with E-state index < -0.39 is 11.7 Å². The molecule has 6 heteroatoms. The van der Waals surface area contributed by atoms with Gasteiger partial charge in [-0.3, -0.25) is 9.79 Å². The summed E-state index contributed by atoms with van der Waals surface area (Å²) in [5.74, 6) is -0.631. The zero-order chi connectivity index (χ0) is 19.1. The van der Waals surface area contributed by atoms with Crippen LogP contribution in [0.4, 0.5) is 15.8 Å². The Bertz CT molecular complexity index is 961. The van der Waals surface area contributed by atoms with Gasteiger partial charge in [-0.25, -0.2) is 4.39 Å². The highest BCUT2D eigenvalue weighted by molar-refractivity contribution is 6.32. The Morgan fingerprint density at radius 2 is 1.81 bits per heavy atom. The van der Waals surface area contributed by atoms with Gasteiger partial charge in [-0.2, -0.15) is 0 Å². The number of benzene rings is 3. The summed E-state index contributed by atoms with van der Waals surface area (Å²) in [6.07, 6.45) is 1.69. The number of amides is 1. The Morgan fingerprint density at radius 1 is 1.07 bits per heavy atom. The van der Waals surface area contributed by atoms with Gasteiger partial charge in [-0.05, 0) is 48.0 Å². The summed E-state index contributed by atoms with van der Waals surface area (Å²) in [4.78, 5) is 16.3. The molecule has 1 N–H and O–H groups in total. The van der Waals surface area contributed by atoms with Gasteiger partial charge >= 0.3 is 0 Å². The first-order valence-corrected chi connectivity index (χ1v) is 8.55. The molecule has 27 heavy (non-hydrogen) atoms. The van der Waals surface area contributed by atoms with E-state index >= 15 is 0 Å². The minimum Gasteiger partial charge on any atom is -0.482 e. The largest absolute Gasteiger partial charge is 0.482 e. The van der Waals surface area contributed by atoms with Gasteiger partial charge in [0.25, 0.3) is 5.91 Å². The lowest BCUT2D eigenvalue weighted by Gasteiger charge is -2.09. The average molecular weight is 383 g/mol. The molecule has 0 aliphatic rings. The van der Waals surface area contributed by atoms with Crippen molar-refractivity contribution in [1.29, 1.82) is 0 Å². The molecule has 0 aliphatic heterocycles. The van der Waals surface area contributed by atoms with Crippen LogP contribution in [-0.4, -0.2) is 18.7 Å². The zero-order valence-electron chi connectivity index (χ0n) is 14.2. The standard InChI is InChI=1S/C21H16ClFN2O2/c22-17-12-15(13-24-16-6-2-1-3-7-16)10-11-20(17)27-14-21(26)25-19-9-5-4-8-18(19)23/h1-13H,14H2,(H,25,26). The quantitative estimate of drug-likeness (QED) is 0.592. The molecule has 0 atom stereocenters. The van der Waals surface area contributed by atoms with E-state index in [1.54, 1.807) is 36.5 Å². The van der Waals surface area contributed by atoms with Gasteiger partial charge in [0.2, 0.25) is 0 Å². The molecular weight excluding hydrogens is 367 g/mol. The third-order valence-corrected chi connectivity index (χ3v) is 3.88. The molecular formula is C21H16ClFN2O2. The number of nitrogens with one attached hydrogen (secondary N) is 1.